The normalized spacial score (nSPS) is 25.7. The molecule has 3 aliphatic rings. The molecule has 0 bridgehead atoms. The number of allylic oxidation sites excluding steroid dienone is 1. The minimum absolute atomic E-state index is 0.00187. The molecule has 0 fully saturated rings. The van der Waals surface area contributed by atoms with Crippen LogP contribution in [0.5, 0.6) is 5.75 Å². The molecular formula is C32H37N3O7. The summed E-state index contributed by atoms with van der Waals surface area (Å²) in [4.78, 5) is 43.4. The highest BCUT2D eigenvalue weighted by Crippen LogP contribution is 2.53. The summed E-state index contributed by atoms with van der Waals surface area (Å²) in [5.74, 6) is -6.64. The van der Waals surface area contributed by atoms with Crippen LogP contribution in [0.2, 0.25) is 0 Å². The molecule has 2 aromatic rings. The van der Waals surface area contributed by atoms with Crippen molar-refractivity contribution in [2.45, 2.75) is 50.9 Å². The fourth-order valence-corrected chi connectivity index (χ4v) is 6.83. The van der Waals surface area contributed by atoms with Gasteiger partial charge < -0.3 is 26.2 Å². The number of aliphatic hydroxyl groups excluding tert-OH is 2. The van der Waals surface area contributed by atoms with Crippen LogP contribution in [-0.4, -0.2) is 86.5 Å². The van der Waals surface area contributed by atoms with Crippen molar-refractivity contribution in [1.29, 1.82) is 0 Å². The predicted octanol–water partition coefficient (Wildman–Crippen LogP) is 2.63. The van der Waals surface area contributed by atoms with E-state index in [0.717, 1.165) is 23.2 Å². The minimum Gasteiger partial charge on any atom is -0.510 e. The van der Waals surface area contributed by atoms with Crippen molar-refractivity contribution in [1.82, 2.24) is 9.80 Å². The fraction of sp³-hybridized carbons (Fsp3) is 0.406. The highest BCUT2D eigenvalue weighted by atomic mass is 16.3. The monoisotopic (exact) mass is 575 g/mol. The Morgan fingerprint density at radius 2 is 1.79 bits per heavy atom. The molecule has 0 saturated heterocycles. The molecule has 3 aliphatic carbocycles. The maximum absolute atomic E-state index is 14.0. The average molecular weight is 576 g/mol. The van der Waals surface area contributed by atoms with E-state index in [0.29, 0.717) is 11.6 Å². The zero-order chi connectivity index (χ0) is 30.8. The van der Waals surface area contributed by atoms with Crippen LogP contribution in [0.25, 0.3) is 11.1 Å². The summed E-state index contributed by atoms with van der Waals surface area (Å²) in [7, 11) is 5.25. The minimum atomic E-state index is -2.66. The summed E-state index contributed by atoms with van der Waals surface area (Å²) >= 11 is 0. The van der Waals surface area contributed by atoms with Gasteiger partial charge in [-0.15, -0.1) is 0 Å². The number of carbonyl (C=O) groups is 3. The van der Waals surface area contributed by atoms with Crippen molar-refractivity contribution in [3.8, 4) is 16.9 Å². The van der Waals surface area contributed by atoms with Gasteiger partial charge in [-0.1, -0.05) is 24.3 Å². The first-order valence-corrected chi connectivity index (χ1v) is 14.0. The van der Waals surface area contributed by atoms with Gasteiger partial charge in [0.15, 0.2) is 11.4 Å². The number of primary amides is 1. The van der Waals surface area contributed by atoms with Gasteiger partial charge in [0.25, 0.3) is 5.91 Å². The zero-order valence-corrected chi connectivity index (χ0v) is 24.4. The molecule has 0 unspecified atom stereocenters. The predicted molar refractivity (Wildman–Crippen MR) is 156 cm³/mol. The van der Waals surface area contributed by atoms with Crippen molar-refractivity contribution in [2.24, 2.45) is 17.6 Å². The zero-order valence-electron chi connectivity index (χ0n) is 24.4. The maximum Gasteiger partial charge on any atom is 0.255 e. The number of aliphatic hydroxyl groups is 3. The Labute approximate surface area is 244 Å². The molecular weight excluding hydrogens is 538 g/mol. The van der Waals surface area contributed by atoms with E-state index in [9.17, 15) is 34.8 Å². The number of phenolic OH excluding ortho intramolecular Hbond substituents is 1. The van der Waals surface area contributed by atoms with E-state index in [4.69, 9.17) is 5.73 Å². The van der Waals surface area contributed by atoms with Crippen LogP contribution in [0.3, 0.4) is 0 Å². The van der Waals surface area contributed by atoms with Gasteiger partial charge in [0, 0.05) is 24.1 Å². The van der Waals surface area contributed by atoms with E-state index in [2.05, 4.69) is 24.8 Å². The number of aromatic hydroxyl groups is 1. The number of hydrogen-bond acceptors (Lipinski definition) is 9. The molecule has 0 aromatic heterocycles. The summed E-state index contributed by atoms with van der Waals surface area (Å²) < 4.78 is 0. The third kappa shape index (κ3) is 4.33. The molecule has 222 valence electrons. The summed E-state index contributed by atoms with van der Waals surface area (Å²) in [5, 5.41) is 45.1. The number of amides is 1. The van der Waals surface area contributed by atoms with E-state index in [1.807, 2.05) is 25.2 Å². The van der Waals surface area contributed by atoms with Crippen molar-refractivity contribution >= 4 is 17.5 Å². The molecule has 4 atom stereocenters. The van der Waals surface area contributed by atoms with Crippen molar-refractivity contribution in [3.63, 3.8) is 0 Å². The van der Waals surface area contributed by atoms with Crippen molar-refractivity contribution in [2.75, 3.05) is 21.1 Å². The highest BCUT2D eigenvalue weighted by Gasteiger charge is 2.63. The van der Waals surface area contributed by atoms with E-state index in [1.165, 1.54) is 11.0 Å². The van der Waals surface area contributed by atoms with Gasteiger partial charge in [0.05, 0.1) is 11.6 Å². The number of hydrogen-bond donors (Lipinski definition) is 5. The van der Waals surface area contributed by atoms with Crippen LogP contribution in [0.4, 0.5) is 0 Å². The molecule has 0 spiro atoms. The standard InChI is InChI=1S/C32H37N3O7/c1-15(2)35(5)14-16-7-6-8-17(11-16)19-9-10-22(36)24-20(19)12-18-13-21-26(34(3)4)28(38)25(31(33)41)30(40)32(21,42)29(39)23(18)27(24)37/h6-11,15,18,21,26,36,38-39,42H,12-14H2,1-5H3,(H2,33,41)/t18-,21-,26-,32-/m0/s1. The lowest BCUT2D eigenvalue weighted by Gasteiger charge is -2.50. The number of benzene rings is 2. The van der Waals surface area contributed by atoms with Crippen LogP contribution in [0.15, 0.2) is 59.1 Å². The number of nitrogens with zero attached hydrogens (tertiary/aromatic N) is 2. The van der Waals surface area contributed by atoms with E-state index >= 15 is 0 Å². The van der Waals surface area contributed by atoms with Gasteiger partial charge in [0.1, 0.15) is 22.8 Å². The number of phenols is 1. The highest BCUT2D eigenvalue weighted by molar-refractivity contribution is 6.24. The molecule has 5 rings (SSSR count). The number of fused-ring (bicyclic) bond motifs is 3. The van der Waals surface area contributed by atoms with Crippen LogP contribution in [0, 0.1) is 11.8 Å². The Hall–Kier alpha value is -3.99. The Morgan fingerprint density at radius 1 is 1.10 bits per heavy atom. The lowest BCUT2D eigenvalue weighted by molar-refractivity contribution is -0.148. The topological polar surface area (TPSA) is 165 Å². The van der Waals surface area contributed by atoms with Gasteiger partial charge in [-0.3, -0.25) is 24.2 Å². The molecule has 0 heterocycles. The number of rotatable bonds is 6. The molecule has 0 saturated carbocycles. The first-order valence-electron chi connectivity index (χ1n) is 14.0. The van der Waals surface area contributed by atoms with Gasteiger partial charge in [-0.05, 0) is 88.1 Å². The first-order chi connectivity index (χ1) is 19.7. The second kappa shape index (κ2) is 10.4. The summed E-state index contributed by atoms with van der Waals surface area (Å²) in [5.41, 5.74) is 5.04. The van der Waals surface area contributed by atoms with E-state index in [1.54, 1.807) is 20.2 Å². The Morgan fingerprint density at radius 3 is 2.40 bits per heavy atom. The quantitative estimate of drug-likeness (QED) is 0.326. The van der Waals surface area contributed by atoms with Gasteiger partial charge >= 0.3 is 0 Å². The van der Waals surface area contributed by atoms with Crippen molar-refractivity contribution < 1.29 is 34.8 Å². The number of likely N-dealkylation sites (N-methyl/N-ethyl adjacent to an activating group) is 1. The lowest BCUT2D eigenvalue weighted by atomic mass is 9.58. The van der Waals surface area contributed by atoms with Crippen LogP contribution in [0.1, 0.15) is 41.8 Å². The number of nitrogens with two attached hydrogens (primary N) is 1. The van der Waals surface area contributed by atoms with Gasteiger partial charge in [-0.25, -0.2) is 0 Å². The second-order valence-electron chi connectivity index (χ2n) is 12.2. The number of Topliss-reactive ketones (excluding diaryl/α,β-unsaturated/α-hetero) is 2. The van der Waals surface area contributed by atoms with Gasteiger partial charge in [-0.2, -0.15) is 0 Å². The lowest BCUT2D eigenvalue weighted by Crippen LogP contribution is -2.63. The van der Waals surface area contributed by atoms with Crippen LogP contribution < -0.4 is 5.73 Å². The summed E-state index contributed by atoms with van der Waals surface area (Å²) in [6.45, 7) is 4.95. The fourth-order valence-electron chi connectivity index (χ4n) is 6.83. The Bertz CT molecular complexity index is 1570. The molecule has 10 heteroatoms. The molecule has 2 aromatic carbocycles. The molecule has 0 aliphatic heterocycles. The summed E-state index contributed by atoms with van der Waals surface area (Å²) in [6, 6.07) is 10.5. The number of carbonyl (C=O) groups excluding carboxylic acids is 3. The van der Waals surface area contributed by atoms with Crippen LogP contribution in [-0.2, 0) is 22.6 Å². The first kappa shape index (κ1) is 29.5. The van der Waals surface area contributed by atoms with E-state index < -0.39 is 58.0 Å². The Kier molecular flexibility index (Phi) is 7.29. The Balaban J connectivity index is 1.65. The SMILES string of the molecule is CC(C)N(C)Cc1cccc(-c2ccc(O)c3c2C[C@H]2C[C@H]4[C@H](N(C)C)C(O)=C(C(N)=O)C(=O)[C@@]4(O)C(O)=C2C3=O)c1. The largest absolute Gasteiger partial charge is 0.510 e. The molecule has 10 nitrogen and oxygen atoms in total. The summed E-state index contributed by atoms with van der Waals surface area (Å²) in [6.07, 6.45) is 0.272. The third-order valence-electron chi connectivity index (χ3n) is 9.16. The molecule has 1 amide bonds. The van der Waals surface area contributed by atoms with Gasteiger partial charge in [0.2, 0.25) is 5.78 Å². The average Bonchev–Trinajstić information content (AvgIpc) is 2.90. The molecule has 42 heavy (non-hydrogen) atoms. The van der Waals surface area contributed by atoms with Crippen molar-refractivity contribution in [3.05, 3.63) is 75.8 Å². The smallest absolute Gasteiger partial charge is 0.255 e. The number of ketones is 2. The molecule has 6 N–H and O–H groups in total. The van der Waals surface area contributed by atoms with E-state index in [-0.39, 0.29) is 29.7 Å². The molecule has 0 radical (unpaired) electrons. The maximum atomic E-state index is 14.0. The second-order valence-corrected chi connectivity index (χ2v) is 12.2. The third-order valence-corrected chi connectivity index (χ3v) is 9.16. The van der Waals surface area contributed by atoms with Crippen LogP contribution >= 0.6 is 0 Å².